The van der Waals surface area contributed by atoms with Crippen molar-refractivity contribution in [2.45, 2.75) is 26.8 Å². The van der Waals surface area contributed by atoms with Crippen molar-refractivity contribution in [3.8, 4) is 5.75 Å². The molecule has 0 aliphatic heterocycles. The van der Waals surface area contributed by atoms with Crippen LogP contribution >= 0.6 is 0 Å². The minimum atomic E-state index is -0.273. The lowest BCUT2D eigenvalue weighted by atomic mass is 10.1. The molecule has 0 radical (unpaired) electrons. The maximum atomic E-state index is 12.1. The molecule has 7 heteroatoms. The minimum Gasteiger partial charge on any atom is -0.496 e. The topological polar surface area (TPSA) is 87.9 Å². The van der Waals surface area contributed by atoms with Gasteiger partial charge in [-0.15, -0.1) is 0 Å². The molecule has 0 atom stereocenters. The highest BCUT2D eigenvalue weighted by molar-refractivity contribution is 6.02. The smallest absolute Gasteiger partial charge is 0.291 e. The second kappa shape index (κ2) is 11.6. The highest BCUT2D eigenvalue weighted by Gasteiger charge is 2.08. The van der Waals surface area contributed by atoms with Crippen LogP contribution in [-0.2, 0) is 13.0 Å². The number of carbonyl (C=O) groups is 1. The maximum Gasteiger partial charge on any atom is 0.291 e. The van der Waals surface area contributed by atoms with Crippen molar-refractivity contribution >= 4 is 17.6 Å². The number of amides is 1. The zero-order valence-corrected chi connectivity index (χ0v) is 18.8. The molecule has 7 nitrogen and oxygen atoms in total. The Balaban J connectivity index is 1.52. The number of benzene rings is 2. The lowest BCUT2D eigenvalue weighted by molar-refractivity contribution is 0.0996. The van der Waals surface area contributed by atoms with E-state index in [-0.39, 0.29) is 11.7 Å². The second-order valence-corrected chi connectivity index (χ2v) is 7.30. The van der Waals surface area contributed by atoms with Crippen LogP contribution in [0, 0.1) is 6.92 Å². The largest absolute Gasteiger partial charge is 0.496 e. The van der Waals surface area contributed by atoms with Gasteiger partial charge in [0.25, 0.3) is 5.91 Å². The first kappa shape index (κ1) is 22.9. The predicted octanol–water partition coefficient (Wildman–Crippen LogP) is 4.15. The van der Waals surface area contributed by atoms with Crippen LogP contribution in [-0.4, -0.2) is 32.1 Å². The summed E-state index contributed by atoms with van der Waals surface area (Å²) in [6, 6.07) is 17.2. The van der Waals surface area contributed by atoms with E-state index in [0.717, 1.165) is 42.3 Å². The molecule has 0 aliphatic carbocycles. The van der Waals surface area contributed by atoms with Gasteiger partial charge in [0.05, 0.1) is 19.9 Å². The summed E-state index contributed by atoms with van der Waals surface area (Å²) in [5.74, 6) is 1.68. The average Bonchev–Trinajstić information content (AvgIpc) is 3.35. The Morgan fingerprint density at radius 1 is 1.06 bits per heavy atom. The predicted molar refractivity (Wildman–Crippen MR) is 127 cm³/mol. The van der Waals surface area contributed by atoms with E-state index in [2.05, 4.69) is 39.1 Å². The van der Waals surface area contributed by atoms with Gasteiger partial charge in [-0.1, -0.05) is 24.3 Å². The summed E-state index contributed by atoms with van der Waals surface area (Å²) in [5.41, 5.74) is 4.09. The number of rotatable bonds is 9. The Morgan fingerprint density at radius 3 is 2.53 bits per heavy atom. The van der Waals surface area contributed by atoms with E-state index in [1.54, 1.807) is 19.2 Å². The summed E-state index contributed by atoms with van der Waals surface area (Å²) < 4.78 is 10.5. The number of nitrogens with one attached hydrogen (secondary N) is 3. The van der Waals surface area contributed by atoms with E-state index in [9.17, 15) is 4.79 Å². The lowest BCUT2D eigenvalue weighted by Gasteiger charge is -2.12. The first-order valence-electron chi connectivity index (χ1n) is 10.7. The minimum absolute atomic E-state index is 0.273. The van der Waals surface area contributed by atoms with Crippen molar-refractivity contribution in [1.82, 2.24) is 10.6 Å². The maximum absolute atomic E-state index is 12.1. The number of guanidine groups is 1. The van der Waals surface area contributed by atoms with Crippen LogP contribution in [0.4, 0.5) is 5.69 Å². The molecule has 0 saturated heterocycles. The number of ether oxygens (including phenoxy) is 1. The van der Waals surface area contributed by atoms with Crippen LogP contribution in [0.1, 0.15) is 34.2 Å². The van der Waals surface area contributed by atoms with Gasteiger partial charge in [-0.25, -0.2) is 4.99 Å². The van der Waals surface area contributed by atoms with Crippen molar-refractivity contribution in [2.24, 2.45) is 4.99 Å². The number of anilines is 1. The summed E-state index contributed by atoms with van der Waals surface area (Å²) in [5, 5.41) is 9.46. The van der Waals surface area contributed by atoms with Gasteiger partial charge >= 0.3 is 0 Å². The molecule has 1 aromatic heterocycles. The third-order valence-corrected chi connectivity index (χ3v) is 4.90. The third kappa shape index (κ3) is 6.63. The number of furan rings is 1. The molecule has 3 aromatic rings. The van der Waals surface area contributed by atoms with Crippen LogP contribution in [0.25, 0.3) is 0 Å². The quantitative estimate of drug-likeness (QED) is 0.348. The van der Waals surface area contributed by atoms with Crippen molar-refractivity contribution in [3.63, 3.8) is 0 Å². The average molecular weight is 435 g/mol. The first-order valence-corrected chi connectivity index (χ1v) is 10.7. The van der Waals surface area contributed by atoms with Gasteiger partial charge in [0.15, 0.2) is 11.7 Å². The van der Waals surface area contributed by atoms with Gasteiger partial charge in [-0.2, -0.15) is 0 Å². The number of hydrogen-bond acceptors (Lipinski definition) is 4. The normalized spacial score (nSPS) is 11.2. The Hall–Kier alpha value is -3.74. The van der Waals surface area contributed by atoms with E-state index in [1.165, 1.54) is 11.8 Å². The molecule has 168 valence electrons. The van der Waals surface area contributed by atoms with E-state index in [1.807, 2.05) is 38.1 Å². The van der Waals surface area contributed by atoms with Crippen LogP contribution in [0.15, 0.2) is 70.3 Å². The molecular weight excluding hydrogens is 404 g/mol. The summed E-state index contributed by atoms with van der Waals surface area (Å²) in [7, 11) is 1.69. The molecular formula is C25H30N4O3. The van der Waals surface area contributed by atoms with Gasteiger partial charge in [0.1, 0.15) is 5.75 Å². The molecule has 0 saturated carbocycles. The van der Waals surface area contributed by atoms with Crippen LogP contribution in [0.3, 0.4) is 0 Å². The monoisotopic (exact) mass is 434 g/mol. The standard InChI is InChI=1S/C25H30N4O3/c1-4-26-25(27-14-13-19-8-7-18(2)23(16-19)31-3)28-17-20-9-11-21(12-10-20)29-24(30)22-6-5-15-32-22/h5-12,15-16H,4,13-14,17H2,1-3H3,(H,29,30)(H2,26,27,28). The molecule has 1 amide bonds. The molecule has 2 aromatic carbocycles. The Morgan fingerprint density at radius 2 is 1.84 bits per heavy atom. The molecule has 3 N–H and O–H groups in total. The number of aliphatic imine (C=N–C) groups is 1. The Bertz CT molecular complexity index is 1030. The van der Waals surface area contributed by atoms with Crippen LogP contribution in [0.2, 0.25) is 0 Å². The van der Waals surface area contributed by atoms with Crippen molar-refractivity contribution in [1.29, 1.82) is 0 Å². The fourth-order valence-corrected chi connectivity index (χ4v) is 3.15. The first-order chi connectivity index (χ1) is 15.6. The fraction of sp³-hybridized carbons (Fsp3) is 0.280. The highest BCUT2D eigenvalue weighted by atomic mass is 16.5. The van der Waals surface area contributed by atoms with E-state index >= 15 is 0 Å². The lowest BCUT2D eigenvalue weighted by Crippen LogP contribution is -2.38. The molecule has 32 heavy (non-hydrogen) atoms. The van der Waals surface area contributed by atoms with Gasteiger partial charge in [-0.3, -0.25) is 4.79 Å². The summed E-state index contributed by atoms with van der Waals surface area (Å²) in [6.45, 7) is 6.15. The van der Waals surface area contributed by atoms with Gasteiger partial charge in [-0.05, 0) is 67.3 Å². The molecule has 0 spiro atoms. The summed E-state index contributed by atoms with van der Waals surface area (Å²) >= 11 is 0. The van der Waals surface area contributed by atoms with E-state index in [4.69, 9.17) is 9.15 Å². The Kier molecular flexibility index (Phi) is 8.31. The van der Waals surface area contributed by atoms with Gasteiger partial charge < -0.3 is 25.1 Å². The van der Waals surface area contributed by atoms with E-state index < -0.39 is 0 Å². The molecule has 0 unspecified atom stereocenters. The SMILES string of the molecule is CCNC(=NCc1ccc(NC(=O)c2ccco2)cc1)NCCc1ccc(C)c(OC)c1. The number of carbonyl (C=O) groups excluding carboxylic acids is 1. The Labute approximate surface area is 188 Å². The molecule has 3 rings (SSSR count). The third-order valence-electron chi connectivity index (χ3n) is 4.90. The van der Waals surface area contributed by atoms with E-state index in [0.29, 0.717) is 12.2 Å². The zero-order chi connectivity index (χ0) is 22.8. The van der Waals surface area contributed by atoms with Crippen molar-refractivity contribution < 1.29 is 13.9 Å². The van der Waals surface area contributed by atoms with Crippen LogP contribution in [0.5, 0.6) is 5.75 Å². The zero-order valence-electron chi connectivity index (χ0n) is 18.8. The number of nitrogens with zero attached hydrogens (tertiary/aromatic N) is 1. The number of methoxy groups -OCH3 is 1. The molecule has 0 aliphatic rings. The molecule has 0 bridgehead atoms. The van der Waals surface area contributed by atoms with Crippen molar-refractivity contribution in [2.75, 3.05) is 25.5 Å². The molecule has 1 heterocycles. The summed E-state index contributed by atoms with van der Waals surface area (Å²) in [6.07, 6.45) is 2.34. The highest BCUT2D eigenvalue weighted by Crippen LogP contribution is 2.19. The molecule has 0 fully saturated rings. The summed E-state index contributed by atoms with van der Waals surface area (Å²) in [4.78, 5) is 16.7. The van der Waals surface area contributed by atoms with Crippen LogP contribution < -0.4 is 20.7 Å². The second-order valence-electron chi connectivity index (χ2n) is 7.30. The fourth-order valence-electron chi connectivity index (χ4n) is 3.15. The van der Waals surface area contributed by atoms with Gasteiger partial charge in [0, 0.05) is 18.8 Å². The van der Waals surface area contributed by atoms with Gasteiger partial charge in [0.2, 0.25) is 0 Å². The van der Waals surface area contributed by atoms with Crippen molar-refractivity contribution in [3.05, 3.63) is 83.3 Å². The number of aryl methyl sites for hydroxylation is 1. The number of hydrogen-bond donors (Lipinski definition) is 3.